The summed E-state index contributed by atoms with van der Waals surface area (Å²) in [6.07, 6.45) is 5.67. The lowest BCUT2D eigenvalue weighted by Crippen LogP contribution is -1.70. The molecule has 0 aliphatic carbocycles. The molecule has 0 aliphatic heterocycles. The van der Waals surface area contributed by atoms with Crippen molar-refractivity contribution in [1.82, 2.24) is 0 Å². The van der Waals surface area contributed by atoms with Gasteiger partial charge in [0.2, 0.25) is 0 Å². The lowest BCUT2D eigenvalue weighted by atomic mass is 10.2. The summed E-state index contributed by atoms with van der Waals surface area (Å²) >= 11 is 0. The maximum atomic E-state index is 3.77. The van der Waals surface area contributed by atoms with Crippen LogP contribution in [0.15, 0.2) is 11.6 Å². The SMILES string of the molecule is [CH2]C/C(C)=C/CCC. The van der Waals surface area contributed by atoms with Gasteiger partial charge in [-0.15, -0.1) is 0 Å². The van der Waals surface area contributed by atoms with Crippen molar-refractivity contribution in [2.75, 3.05) is 0 Å². The van der Waals surface area contributed by atoms with Crippen molar-refractivity contribution in [2.24, 2.45) is 0 Å². The standard InChI is InChI=1S/C8H15/c1-4-6-7-8(3)5-2/h7H,2,4-6H2,1,3H3/b8-7+. The van der Waals surface area contributed by atoms with E-state index in [1.54, 1.807) is 0 Å². The van der Waals surface area contributed by atoms with E-state index >= 15 is 0 Å². The second-order valence-electron chi connectivity index (χ2n) is 2.09. The van der Waals surface area contributed by atoms with Crippen molar-refractivity contribution in [3.05, 3.63) is 18.6 Å². The molecule has 0 heterocycles. The molecule has 47 valence electrons. The predicted octanol–water partition coefficient (Wildman–Crippen LogP) is 2.96. The van der Waals surface area contributed by atoms with E-state index in [0.29, 0.717) is 0 Å². The van der Waals surface area contributed by atoms with Gasteiger partial charge in [0.1, 0.15) is 0 Å². The van der Waals surface area contributed by atoms with E-state index < -0.39 is 0 Å². The lowest BCUT2D eigenvalue weighted by Gasteiger charge is -1.91. The first kappa shape index (κ1) is 7.74. The zero-order chi connectivity index (χ0) is 6.41. The van der Waals surface area contributed by atoms with Crippen LogP contribution in [0.1, 0.15) is 33.1 Å². The van der Waals surface area contributed by atoms with Crippen LogP contribution in [0, 0.1) is 6.92 Å². The van der Waals surface area contributed by atoms with Crippen LogP contribution >= 0.6 is 0 Å². The minimum atomic E-state index is 0.958. The Kier molecular flexibility index (Phi) is 4.73. The van der Waals surface area contributed by atoms with Crippen molar-refractivity contribution in [3.63, 3.8) is 0 Å². The molecular formula is C8H15. The van der Waals surface area contributed by atoms with Gasteiger partial charge in [-0.05, 0) is 26.7 Å². The van der Waals surface area contributed by atoms with E-state index in [0.717, 1.165) is 6.42 Å². The van der Waals surface area contributed by atoms with E-state index in [2.05, 4.69) is 26.8 Å². The minimum Gasteiger partial charge on any atom is -0.0856 e. The molecule has 0 bridgehead atoms. The quantitative estimate of drug-likeness (QED) is 0.491. The minimum absolute atomic E-state index is 0.958. The molecular weight excluding hydrogens is 96.1 g/mol. The van der Waals surface area contributed by atoms with Gasteiger partial charge in [-0.1, -0.05) is 25.0 Å². The van der Waals surface area contributed by atoms with Gasteiger partial charge in [-0.25, -0.2) is 0 Å². The number of hydrogen-bond donors (Lipinski definition) is 0. The van der Waals surface area contributed by atoms with E-state index in [1.807, 2.05) is 0 Å². The molecule has 0 aromatic heterocycles. The first-order valence-electron chi connectivity index (χ1n) is 3.26. The maximum Gasteiger partial charge on any atom is -0.0323 e. The summed E-state index contributed by atoms with van der Waals surface area (Å²) in [6.45, 7) is 8.09. The van der Waals surface area contributed by atoms with Crippen LogP contribution in [0.3, 0.4) is 0 Å². The number of rotatable bonds is 3. The summed E-state index contributed by atoms with van der Waals surface area (Å²) in [5.74, 6) is 0. The van der Waals surface area contributed by atoms with E-state index in [9.17, 15) is 0 Å². The van der Waals surface area contributed by atoms with Crippen LogP contribution in [0.5, 0.6) is 0 Å². The molecule has 0 N–H and O–H groups in total. The molecule has 0 aromatic carbocycles. The Morgan fingerprint density at radius 3 is 2.62 bits per heavy atom. The number of allylic oxidation sites excluding steroid dienone is 2. The fourth-order valence-corrected chi connectivity index (χ4v) is 0.493. The average Bonchev–Trinajstić information content (AvgIpc) is 1.83. The first-order valence-corrected chi connectivity index (χ1v) is 3.26. The van der Waals surface area contributed by atoms with Crippen molar-refractivity contribution in [2.45, 2.75) is 33.1 Å². The van der Waals surface area contributed by atoms with E-state index in [1.165, 1.54) is 18.4 Å². The first-order chi connectivity index (χ1) is 3.81. The molecule has 0 spiro atoms. The smallest absolute Gasteiger partial charge is 0.0323 e. The highest BCUT2D eigenvalue weighted by atomic mass is 13.9. The van der Waals surface area contributed by atoms with Crippen LogP contribution in [0.2, 0.25) is 0 Å². The number of unbranched alkanes of at least 4 members (excludes halogenated alkanes) is 1. The second kappa shape index (κ2) is 4.89. The van der Waals surface area contributed by atoms with Gasteiger partial charge in [0.25, 0.3) is 0 Å². The van der Waals surface area contributed by atoms with Crippen molar-refractivity contribution in [3.8, 4) is 0 Å². The molecule has 0 nitrogen and oxygen atoms in total. The van der Waals surface area contributed by atoms with Gasteiger partial charge in [0.15, 0.2) is 0 Å². The summed E-state index contributed by atoms with van der Waals surface area (Å²) in [4.78, 5) is 0. The molecule has 0 rings (SSSR count). The molecule has 0 saturated heterocycles. The largest absolute Gasteiger partial charge is 0.0856 e. The highest BCUT2D eigenvalue weighted by molar-refractivity contribution is 4.97. The van der Waals surface area contributed by atoms with Gasteiger partial charge < -0.3 is 0 Å². The van der Waals surface area contributed by atoms with Gasteiger partial charge in [-0.2, -0.15) is 0 Å². The Balaban J connectivity index is 3.26. The fourth-order valence-electron chi connectivity index (χ4n) is 0.493. The zero-order valence-electron chi connectivity index (χ0n) is 5.91. The molecule has 0 atom stereocenters. The average molecular weight is 111 g/mol. The van der Waals surface area contributed by atoms with Gasteiger partial charge in [0.05, 0.1) is 0 Å². The van der Waals surface area contributed by atoms with Gasteiger partial charge in [-0.3, -0.25) is 0 Å². The Hall–Kier alpha value is -0.260. The van der Waals surface area contributed by atoms with Crippen LogP contribution in [-0.4, -0.2) is 0 Å². The van der Waals surface area contributed by atoms with Crippen LogP contribution in [0.25, 0.3) is 0 Å². The molecule has 1 radical (unpaired) electrons. The third-order valence-corrected chi connectivity index (χ3v) is 1.18. The van der Waals surface area contributed by atoms with Gasteiger partial charge in [0, 0.05) is 0 Å². The van der Waals surface area contributed by atoms with Crippen molar-refractivity contribution >= 4 is 0 Å². The van der Waals surface area contributed by atoms with Crippen LogP contribution < -0.4 is 0 Å². The Labute approximate surface area is 52.6 Å². The second-order valence-corrected chi connectivity index (χ2v) is 2.09. The Morgan fingerprint density at radius 1 is 1.62 bits per heavy atom. The summed E-state index contributed by atoms with van der Waals surface area (Å²) < 4.78 is 0. The van der Waals surface area contributed by atoms with Crippen molar-refractivity contribution < 1.29 is 0 Å². The highest BCUT2D eigenvalue weighted by Gasteiger charge is 1.79. The Morgan fingerprint density at radius 2 is 2.25 bits per heavy atom. The molecule has 8 heavy (non-hydrogen) atoms. The molecule has 0 heteroatoms. The van der Waals surface area contributed by atoms with Crippen LogP contribution in [-0.2, 0) is 0 Å². The van der Waals surface area contributed by atoms with Gasteiger partial charge >= 0.3 is 0 Å². The summed E-state index contributed by atoms with van der Waals surface area (Å²) in [5.41, 5.74) is 1.41. The third kappa shape index (κ3) is 3.91. The summed E-state index contributed by atoms with van der Waals surface area (Å²) in [6, 6.07) is 0. The van der Waals surface area contributed by atoms with Crippen molar-refractivity contribution in [1.29, 1.82) is 0 Å². The lowest BCUT2D eigenvalue weighted by molar-refractivity contribution is 0.942. The van der Waals surface area contributed by atoms with E-state index in [-0.39, 0.29) is 0 Å². The monoisotopic (exact) mass is 111 g/mol. The maximum absolute atomic E-state index is 3.77. The molecule has 0 amide bonds. The molecule has 0 unspecified atom stereocenters. The fraction of sp³-hybridized carbons (Fsp3) is 0.625. The predicted molar refractivity (Wildman–Crippen MR) is 38.6 cm³/mol. The van der Waals surface area contributed by atoms with Crippen LogP contribution in [0.4, 0.5) is 0 Å². The summed E-state index contributed by atoms with van der Waals surface area (Å²) in [7, 11) is 0. The summed E-state index contributed by atoms with van der Waals surface area (Å²) in [5, 5.41) is 0. The molecule has 0 aliphatic rings. The number of hydrogen-bond acceptors (Lipinski definition) is 0. The zero-order valence-corrected chi connectivity index (χ0v) is 5.91. The van der Waals surface area contributed by atoms with E-state index in [4.69, 9.17) is 0 Å². The Bertz CT molecular complexity index is 70.1. The normalized spacial score (nSPS) is 12.1. The topological polar surface area (TPSA) is 0 Å². The molecule has 0 fully saturated rings. The molecule has 0 saturated carbocycles. The molecule has 0 aromatic rings. The highest BCUT2D eigenvalue weighted by Crippen LogP contribution is 2.00. The third-order valence-electron chi connectivity index (χ3n) is 1.18.